The Labute approximate surface area is 79.6 Å². The largest absolute Gasteiger partial charge is 0.369 e. The summed E-state index contributed by atoms with van der Waals surface area (Å²) in [7, 11) is 0. The van der Waals surface area contributed by atoms with E-state index in [0.717, 1.165) is 9.21 Å². The van der Waals surface area contributed by atoms with Crippen LogP contribution in [-0.4, -0.2) is 5.91 Å². The van der Waals surface area contributed by atoms with Crippen LogP contribution in [-0.2, 0) is 4.79 Å². The molecule has 0 aliphatic heterocycles. The first-order valence-electron chi connectivity index (χ1n) is 3.38. The quantitative estimate of drug-likeness (QED) is 0.801. The zero-order chi connectivity index (χ0) is 8.97. The van der Waals surface area contributed by atoms with Gasteiger partial charge >= 0.3 is 0 Å². The van der Waals surface area contributed by atoms with Crippen LogP contribution in [0, 0.1) is 0 Å². The SMILES string of the molecule is NC(=O)CC=Cc1ccc(Cl)s1. The van der Waals surface area contributed by atoms with Crippen molar-refractivity contribution in [3.05, 3.63) is 27.4 Å². The van der Waals surface area contributed by atoms with Crippen molar-refractivity contribution in [1.29, 1.82) is 0 Å². The van der Waals surface area contributed by atoms with Crippen LogP contribution in [0.5, 0.6) is 0 Å². The third kappa shape index (κ3) is 3.07. The van der Waals surface area contributed by atoms with Crippen LogP contribution in [0.4, 0.5) is 0 Å². The lowest BCUT2D eigenvalue weighted by Crippen LogP contribution is -2.07. The van der Waals surface area contributed by atoms with Gasteiger partial charge in [0.15, 0.2) is 0 Å². The molecule has 0 aliphatic carbocycles. The smallest absolute Gasteiger partial charge is 0.221 e. The fourth-order valence-corrected chi connectivity index (χ4v) is 1.70. The molecule has 0 saturated heterocycles. The Bertz CT molecular complexity index is 306. The molecule has 0 saturated carbocycles. The minimum atomic E-state index is -0.325. The average Bonchev–Trinajstić information content (AvgIpc) is 2.35. The molecule has 1 heterocycles. The highest BCUT2D eigenvalue weighted by Gasteiger charge is 1.92. The second kappa shape index (κ2) is 4.28. The van der Waals surface area contributed by atoms with Crippen LogP contribution in [0.15, 0.2) is 18.2 Å². The monoisotopic (exact) mass is 201 g/mol. The highest BCUT2D eigenvalue weighted by molar-refractivity contribution is 7.16. The maximum atomic E-state index is 10.3. The fourth-order valence-electron chi connectivity index (χ4n) is 0.709. The first-order valence-corrected chi connectivity index (χ1v) is 4.58. The number of nitrogens with two attached hydrogens (primary N) is 1. The second-order valence-electron chi connectivity index (χ2n) is 2.21. The van der Waals surface area contributed by atoms with Crippen molar-refractivity contribution in [2.24, 2.45) is 5.73 Å². The lowest BCUT2D eigenvalue weighted by atomic mass is 10.3. The summed E-state index contributed by atoms with van der Waals surface area (Å²) in [5, 5.41) is 0. The predicted octanol–water partition coefficient (Wildman–Crippen LogP) is 2.29. The summed E-state index contributed by atoms with van der Waals surface area (Å²) in [6, 6.07) is 3.71. The molecule has 1 aromatic heterocycles. The summed E-state index contributed by atoms with van der Waals surface area (Å²) in [5.74, 6) is -0.325. The Morgan fingerprint density at radius 2 is 2.42 bits per heavy atom. The van der Waals surface area contributed by atoms with Gasteiger partial charge in [-0.2, -0.15) is 0 Å². The van der Waals surface area contributed by atoms with E-state index in [1.165, 1.54) is 11.3 Å². The molecule has 0 bridgehead atoms. The van der Waals surface area contributed by atoms with E-state index in [9.17, 15) is 4.79 Å². The molecule has 0 fully saturated rings. The van der Waals surface area contributed by atoms with E-state index >= 15 is 0 Å². The molecule has 0 atom stereocenters. The van der Waals surface area contributed by atoms with Crippen LogP contribution < -0.4 is 5.73 Å². The van der Waals surface area contributed by atoms with Crippen molar-refractivity contribution in [1.82, 2.24) is 0 Å². The Balaban J connectivity index is 2.52. The van der Waals surface area contributed by atoms with Gasteiger partial charge in [-0.05, 0) is 18.2 Å². The number of carbonyl (C=O) groups is 1. The van der Waals surface area contributed by atoms with Crippen molar-refractivity contribution in [3.63, 3.8) is 0 Å². The van der Waals surface area contributed by atoms with E-state index < -0.39 is 0 Å². The van der Waals surface area contributed by atoms with Gasteiger partial charge < -0.3 is 5.73 Å². The molecule has 0 unspecified atom stereocenters. The minimum absolute atomic E-state index is 0.273. The molecule has 2 nitrogen and oxygen atoms in total. The molecule has 0 spiro atoms. The topological polar surface area (TPSA) is 43.1 Å². The molecule has 1 aromatic rings. The van der Waals surface area contributed by atoms with E-state index in [2.05, 4.69) is 0 Å². The second-order valence-corrected chi connectivity index (χ2v) is 3.96. The maximum absolute atomic E-state index is 10.3. The highest BCUT2D eigenvalue weighted by atomic mass is 35.5. The highest BCUT2D eigenvalue weighted by Crippen LogP contribution is 2.22. The minimum Gasteiger partial charge on any atom is -0.369 e. The maximum Gasteiger partial charge on any atom is 0.221 e. The Kier molecular flexibility index (Phi) is 3.31. The molecule has 1 rings (SSSR count). The summed E-state index contributed by atoms with van der Waals surface area (Å²) in [6.45, 7) is 0. The van der Waals surface area contributed by atoms with Crippen LogP contribution in [0.2, 0.25) is 4.34 Å². The standard InChI is InChI=1S/C8H8ClNOS/c9-7-5-4-6(12-7)2-1-3-8(10)11/h1-2,4-5H,3H2,(H2,10,11). The van der Waals surface area contributed by atoms with Gasteiger partial charge in [0, 0.05) is 11.3 Å². The van der Waals surface area contributed by atoms with Gasteiger partial charge in [0.2, 0.25) is 5.91 Å². The summed E-state index contributed by atoms with van der Waals surface area (Å²) in [5.41, 5.74) is 4.95. The van der Waals surface area contributed by atoms with E-state index in [-0.39, 0.29) is 12.3 Å². The zero-order valence-electron chi connectivity index (χ0n) is 6.29. The van der Waals surface area contributed by atoms with Gasteiger partial charge in [0.25, 0.3) is 0 Å². The zero-order valence-corrected chi connectivity index (χ0v) is 7.86. The summed E-state index contributed by atoms with van der Waals surface area (Å²) >= 11 is 7.16. The first-order chi connectivity index (χ1) is 5.68. The van der Waals surface area contributed by atoms with Gasteiger partial charge in [0.05, 0.1) is 4.34 Å². The number of primary amides is 1. The molecular weight excluding hydrogens is 194 g/mol. The van der Waals surface area contributed by atoms with Crippen LogP contribution in [0.3, 0.4) is 0 Å². The number of hydrogen-bond acceptors (Lipinski definition) is 2. The normalized spacial score (nSPS) is 10.8. The lowest BCUT2D eigenvalue weighted by Gasteiger charge is -1.83. The van der Waals surface area contributed by atoms with Crippen molar-refractivity contribution in [2.45, 2.75) is 6.42 Å². The van der Waals surface area contributed by atoms with Gasteiger partial charge in [-0.3, -0.25) is 4.79 Å². The van der Waals surface area contributed by atoms with Crippen molar-refractivity contribution < 1.29 is 4.79 Å². The summed E-state index contributed by atoms with van der Waals surface area (Å²) in [4.78, 5) is 11.4. The number of amides is 1. The molecule has 0 aromatic carbocycles. The number of halogens is 1. The van der Waals surface area contributed by atoms with Crippen LogP contribution >= 0.6 is 22.9 Å². The lowest BCUT2D eigenvalue weighted by molar-refractivity contribution is -0.117. The van der Waals surface area contributed by atoms with Crippen LogP contribution in [0.25, 0.3) is 6.08 Å². The molecule has 64 valence electrons. The molecule has 4 heteroatoms. The van der Waals surface area contributed by atoms with Crippen molar-refractivity contribution in [2.75, 3.05) is 0 Å². The van der Waals surface area contributed by atoms with Gasteiger partial charge in [-0.15, -0.1) is 11.3 Å². The Morgan fingerprint density at radius 3 is 2.92 bits per heavy atom. The number of thiophene rings is 1. The molecule has 1 amide bonds. The van der Waals surface area contributed by atoms with Gasteiger partial charge in [0.1, 0.15) is 0 Å². The number of hydrogen-bond donors (Lipinski definition) is 1. The number of rotatable bonds is 3. The van der Waals surface area contributed by atoms with Crippen molar-refractivity contribution in [3.8, 4) is 0 Å². The van der Waals surface area contributed by atoms with E-state index in [0.29, 0.717) is 0 Å². The first kappa shape index (κ1) is 9.29. The average molecular weight is 202 g/mol. The Morgan fingerprint density at radius 1 is 1.67 bits per heavy atom. The molecule has 0 aliphatic rings. The number of carbonyl (C=O) groups excluding carboxylic acids is 1. The molecular formula is C8H8ClNOS. The molecule has 12 heavy (non-hydrogen) atoms. The van der Waals surface area contributed by atoms with Gasteiger partial charge in [-0.1, -0.05) is 17.7 Å². The van der Waals surface area contributed by atoms with Crippen molar-refractivity contribution >= 4 is 34.9 Å². The van der Waals surface area contributed by atoms with E-state index in [1.807, 2.05) is 18.2 Å². The summed E-state index contributed by atoms with van der Waals surface area (Å²) in [6.07, 6.45) is 3.83. The van der Waals surface area contributed by atoms with Gasteiger partial charge in [-0.25, -0.2) is 0 Å². The molecule has 0 radical (unpaired) electrons. The van der Waals surface area contributed by atoms with E-state index in [4.69, 9.17) is 17.3 Å². The van der Waals surface area contributed by atoms with E-state index in [1.54, 1.807) is 6.08 Å². The fraction of sp³-hybridized carbons (Fsp3) is 0.125. The Hall–Kier alpha value is -0.800. The third-order valence-corrected chi connectivity index (χ3v) is 2.39. The predicted molar refractivity (Wildman–Crippen MR) is 52.2 cm³/mol. The van der Waals surface area contributed by atoms with Crippen LogP contribution in [0.1, 0.15) is 11.3 Å². The molecule has 2 N–H and O–H groups in total. The third-order valence-electron chi connectivity index (χ3n) is 1.20. The summed E-state index contributed by atoms with van der Waals surface area (Å²) < 4.78 is 0.744.